The molecule has 0 spiro atoms. The molecule has 0 amide bonds. The smallest absolute Gasteiger partial charge is 0.338 e. The zero-order valence-corrected chi connectivity index (χ0v) is 24.8. The summed E-state index contributed by atoms with van der Waals surface area (Å²) in [7, 11) is -1.50. The van der Waals surface area contributed by atoms with Gasteiger partial charge in [-0.2, -0.15) is 0 Å². The average molecular weight is 590 g/mol. The van der Waals surface area contributed by atoms with Crippen molar-refractivity contribution in [1.82, 2.24) is 0 Å². The lowest BCUT2D eigenvalue weighted by atomic mass is 9.43. The van der Waals surface area contributed by atoms with E-state index >= 15 is 4.79 Å². The van der Waals surface area contributed by atoms with Crippen LogP contribution in [0.2, 0.25) is 0 Å². The fourth-order valence-corrected chi connectivity index (χ4v) is 8.46. The van der Waals surface area contributed by atoms with Crippen molar-refractivity contribution >= 4 is 17.7 Å². The quantitative estimate of drug-likeness (QED) is 0.376. The lowest BCUT2D eigenvalue weighted by Crippen LogP contribution is -2.81. The summed E-state index contributed by atoms with van der Waals surface area (Å²) in [6, 6.07) is 8.10. The molecule has 10 heteroatoms. The SMILES string of the molecule is [2H]C([2H])([2H])O[C@H]1C[C@H]2OC[C@@]2(OC(C)=O)[C@H]2[C@H](OC(=O)c3ccccc3)[C@]3(O)C[C@H](OC)C(C)=C([C@@H](CO)C(=O)[C@]12C)C3(C)C. The van der Waals surface area contributed by atoms with Gasteiger partial charge in [-0.1, -0.05) is 32.0 Å². The third kappa shape index (κ3) is 4.06. The fraction of sp³-hybridized carbons (Fsp3) is 0.656. The predicted molar refractivity (Wildman–Crippen MR) is 149 cm³/mol. The van der Waals surface area contributed by atoms with Gasteiger partial charge < -0.3 is 33.9 Å². The van der Waals surface area contributed by atoms with Gasteiger partial charge in [0.15, 0.2) is 11.4 Å². The summed E-state index contributed by atoms with van der Waals surface area (Å²) in [5, 5.41) is 24.0. The molecule has 10 nitrogen and oxygen atoms in total. The van der Waals surface area contributed by atoms with Crippen molar-refractivity contribution in [3.63, 3.8) is 0 Å². The van der Waals surface area contributed by atoms with E-state index in [1.165, 1.54) is 21.0 Å². The largest absolute Gasteiger partial charge is 0.455 e. The molecule has 1 aromatic carbocycles. The van der Waals surface area contributed by atoms with E-state index in [2.05, 4.69) is 0 Å². The number of hydrogen-bond donors (Lipinski definition) is 2. The standard InChI is InChI=1S/C32H42O10/c1-17-21(38-6)14-32(37)27(41-28(36)19-11-9-8-10-12-19)25-30(5,26(35)20(15-33)24(17)29(32,3)4)22(39-7)13-23-31(25,16-40-23)42-18(2)34/h8-12,20-23,25,27,33,37H,13-16H2,1-7H3/t20-,21+,22+,23-,25+,27+,30-,31+,32-/m1/s1/i7D3. The van der Waals surface area contributed by atoms with Gasteiger partial charge >= 0.3 is 11.9 Å². The number of esters is 2. The van der Waals surface area contributed by atoms with E-state index in [4.69, 9.17) is 27.8 Å². The van der Waals surface area contributed by atoms with E-state index in [1.54, 1.807) is 51.1 Å². The number of methoxy groups -OCH3 is 2. The second-order valence-corrected chi connectivity index (χ2v) is 12.8. The first-order chi connectivity index (χ1) is 20.9. The molecule has 0 radical (unpaired) electrons. The second-order valence-electron chi connectivity index (χ2n) is 12.8. The van der Waals surface area contributed by atoms with Gasteiger partial charge in [-0.3, -0.25) is 9.59 Å². The molecular formula is C32H42O10. The van der Waals surface area contributed by atoms with E-state index in [0.717, 1.165) is 0 Å². The van der Waals surface area contributed by atoms with Gasteiger partial charge in [-0.05, 0) is 37.1 Å². The summed E-state index contributed by atoms with van der Waals surface area (Å²) in [6.45, 7) is 7.00. The predicted octanol–water partition coefficient (Wildman–Crippen LogP) is 2.64. The zero-order valence-electron chi connectivity index (χ0n) is 27.8. The number of ketones is 1. The molecule has 2 N–H and O–H groups in total. The van der Waals surface area contributed by atoms with Crippen LogP contribution in [0.25, 0.3) is 0 Å². The minimum absolute atomic E-state index is 0.0933. The first-order valence-corrected chi connectivity index (χ1v) is 14.3. The highest BCUT2D eigenvalue weighted by atomic mass is 16.6. The Balaban J connectivity index is 1.87. The van der Waals surface area contributed by atoms with E-state index in [9.17, 15) is 19.8 Å². The molecule has 42 heavy (non-hydrogen) atoms. The topological polar surface area (TPSA) is 138 Å². The Hall–Kier alpha value is -2.63. The molecule has 1 saturated heterocycles. The van der Waals surface area contributed by atoms with Crippen LogP contribution in [0.4, 0.5) is 0 Å². The number of ether oxygens (including phenoxy) is 5. The van der Waals surface area contributed by atoms with Crippen LogP contribution in [0.3, 0.4) is 0 Å². The van der Waals surface area contributed by atoms with Gasteiger partial charge in [0.2, 0.25) is 0 Å². The number of carbonyl (C=O) groups is 3. The molecule has 230 valence electrons. The first-order valence-electron chi connectivity index (χ1n) is 15.8. The molecule has 1 heterocycles. The molecule has 9 atom stereocenters. The van der Waals surface area contributed by atoms with Crippen LogP contribution >= 0.6 is 0 Å². The highest BCUT2D eigenvalue weighted by Gasteiger charge is 2.78. The number of aliphatic hydroxyl groups excluding tert-OH is 1. The normalized spacial score (nSPS) is 41.9. The second kappa shape index (κ2) is 10.5. The third-order valence-electron chi connectivity index (χ3n) is 10.6. The van der Waals surface area contributed by atoms with Crippen molar-refractivity contribution in [3.8, 4) is 0 Å². The summed E-state index contributed by atoms with van der Waals surface area (Å²) in [6.07, 6.45) is -4.88. The van der Waals surface area contributed by atoms with E-state index < -0.39 is 89.7 Å². The molecule has 0 unspecified atom stereocenters. The van der Waals surface area contributed by atoms with Gasteiger partial charge in [0, 0.05) is 39.3 Å². The fourth-order valence-electron chi connectivity index (χ4n) is 8.46. The van der Waals surface area contributed by atoms with Crippen LogP contribution in [-0.2, 0) is 33.3 Å². The van der Waals surface area contributed by atoms with E-state index in [0.29, 0.717) is 11.1 Å². The number of carbonyl (C=O) groups excluding carboxylic acids is 3. The summed E-state index contributed by atoms with van der Waals surface area (Å²) >= 11 is 0. The van der Waals surface area contributed by atoms with Crippen molar-refractivity contribution in [3.05, 3.63) is 47.0 Å². The van der Waals surface area contributed by atoms with Crippen LogP contribution in [0, 0.1) is 22.7 Å². The molecule has 3 aliphatic carbocycles. The Kier molecular flexibility index (Phi) is 6.75. The molecular weight excluding hydrogens is 544 g/mol. The molecule has 1 aromatic rings. The van der Waals surface area contributed by atoms with Crippen LogP contribution in [0.1, 0.15) is 61.9 Å². The monoisotopic (exact) mass is 589 g/mol. The summed E-state index contributed by atoms with van der Waals surface area (Å²) < 4.78 is 53.6. The molecule has 3 fully saturated rings. The van der Waals surface area contributed by atoms with Gasteiger partial charge in [0.05, 0.1) is 52.3 Å². The van der Waals surface area contributed by atoms with Crippen LogP contribution < -0.4 is 0 Å². The molecule has 4 aliphatic rings. The minimum Gasteiger partial charge on any atom is -0.455 e. The lowest BCUT2D eigenvalue weighted by molar-refractivity contribution is -0.347. The van der Waals surface area contributed by atoms with Crippen molar-refractivity contribution in [1.29, 1.82) is 0 Å². The van der Waals surface area contributed by atoms with Gasteiger partial charge in [0.1, 0.15) is 17.8 Å². The van der Waals surface area contributed by atoms with Crippen molar-refractivity contribution < 1.29 is 52.4 Å². The third-order valence-corrected chi connectivity index (χ3v) is 10.6. The van der Waals surface area contributed by atoms with Crippen molar-refractivity contribution in [2.24, 2.45) is 22.7 Å². The summed E-state index contributed by atoms with van der Waals surface area (Å²) in [4.78, 5) is 41.8. The lowest BCUT2D eigenvalue weighted by Gasteiger charge is -2.68. The number of Topliss-reactive ketones (excluding diaryl/α,β-unsaturated/α-hetero) is 1. The molecule has 5 rings (SSSR count). The molecule has 2 saturated carbocycles. The number of rotatable bonds is 6. The molecule has 0 aromatic heterocycles. The number of fused-ring (bicyclic) bond motifs is 5. The maximum atomic E-state index is 15.1. The van der Waals surface area contributed by atoms with Crippen molar-refractivity contribution in [2.75, 3.05) is 27.4 Å². The number of benzene rings is 1. The van der Waals surface area contributed by atoms with E-state index in [1.807, 2.05) is 0 Å². The van der Waals surface area contributed by atoms with Crippen LogP contribution in [0.5, 0.6) is 0 Å². The Morgan fingerprint density at radius 2 is 1.86 bits per heavy atom. The highest BCUT2D eigenvalue weighted by Crippen LogP contribution is 2.65. The Bertz CT molecular complexity index is 1390. The zero-order chi connectivity index (χ0) is 33.3. The molecule has 2 bridgehead atoms. The Labute approximate surface area is 250 Å². The first kappa shape index (κ1) is 27.0. The maximum Gasteiger partial charge on any atom is 0.338 e. The number of hydrogen-bond acceptors (Lipinski definition) is 10. The van der Waals surface area contributed by atoms with Gasteiger partial charge in [-0.25, -0.2) is 4.79 Å². The average Bonchev–Trinajstić information content (AvgIpc) is 2.95. The van der Waals surface area contributed by atoms with Gasteiger partial charge in [-0.15, -0.1) is 0 Å². The highest BCUT2D eigenvalue weighted by molar-refractivity contribution is 5.92. The molecule has 1 aliphatic heterocycles. The van der Waals surface area contributed by atoms with E-state index in [-0.39, 0.29) is 25.0 Å². The summed E-state index contributed by atoms with van der Waals surface area (Å²) in [5.74, 6) is -4.71. The number of aliphatic hydroxyl groups is 2. The van der Waals surface area contributed by atoms with Crippen molar-refractivity contribution in [2.45, 2.75) is 83.1 Å². The van der Waals surface area contributed by atoms with Crippen LogP contribution in [-0.4, -0.2) is 90.9 Å². The Morgan fingerprint density at radius 3 is 2.40 bits per heavy atom. The minimum atomic E-state index is -2.96. The van der Waals surface area contributed by atoms with Gasteiger partial charge in [0.25, 0.3) is 0 Å². The maximum absolute atomic E-state index is 15.1. The van der Waals surface area contributed by atoms with Crippen LogP contribution in [0.15, 0.2) is 41.5 Å². The Morgan fingerprint density at radius 1 is 1.17 bits per heavy atom. The summed E-state index contributed by atoms with van der Waals surface area (Å²) in [5.41, 5.74) is -5.61.